The van der Waals surface area contributed by atoms with E-state index in [-0.39, 0.29) is 12.5 Å². The van der Waals surface area contributed by atoms with Gasteiger partial charge in [0.25, 0.3) is 0 Å². The van der Waals surface area contributed by atoms with Gasteiger partial charge in [-0.2, -0.15) is 0 Å². The third-order valence-corrected chi connectivity index (χ3v) is 2.75. The highest BCUT2D eigenvalue weighted by molar-refractivity contribution is 5.68. The summed E-state index contributed by atoms with van der Waals surface area (Å²) in [7, 11) is 1.64. The SMILES string of the molecule is CCCNC(CC(=O)O)c1ccccc1COC. The van der Waals surface area contributed by atoms with Gasteiger partial charge in [0.05, 0.1) is 13.0 Å². The molecule has 0 bridgehead atoms. The van der Waals surface area contributed by atoms with Crippen molar-refractivity contribution in [2.75, 3.05) is 13.7 Å². The summed E-state index contributed by atoms with van der Waals surface area (Å²) in [6.45, 7) is 3.37. The summed E-state index contributed by atoms with van der Waals surface area (Å²) in [5.74, 6) is -0.796. The van der Waals surface area contributed by atoms with E-state index in [9.17, 15) is 4.79 Å². The molecule has 100 valence electrons. The van der Waals surface area contributed by atoms with Gasteiger partial charge in [-0.25, -0.2) is 0 Å². The monoisotopic (exact) mass is 251 g/mol. The van der Waals surface area contributed by atoms with E-state index in [0.29, 0.717) is 6.61 Å². The molecular weight excluding hydrogens is 230 g/mol. The van der Waals surface area contributed by atoms with Crippen LogP contribution in [0.5, 0.6) is 0 Å². The topological polar surface area (TPSA) is 58.6 Å². The maximum Gasteiger partial charge on any atom is 0.305 e. The van der Waals surface area contributed by atoms with Crippen LogP contribution < -0.4 is 5.32 Å². The van der Waals surface area contributed by atoms with Crippen LogP contribution >= 0.6 is 0 Å². The van der Waals surface area contributed by atoms with Gasteiger partial charge in [0.2, 0.25) is 0 Å². The lowest BCUT2D eigenvalue weighted by Crippen LogP contribution is -2.25. The molecule has 1 atom stereocenters. The lowest BCUT2D eigenvalue weighted by molar-refractivity contribution is -0.137. The Bertz CT molecular complexity index is 379. The normalized spacial score (nSPS) is 12.3. The van der Waals surface area contributed by atoms with Gasteiger partial charge in [-0.1, -0.05) is 31.2 Å². The molecule has 0 aliphatic carbocycles. The molecule has 0 fully saturated rings. The molecule has 4 heteroatoms. The number of rotatable bonds is 8. The Morgan fingerprint density at radius 1 is 1.44 bits per heavy atom. The highest BCUT2D eigenvalue weighted by Gasteiger charge is 2.17. The molecule has 2 N–H and O–H groups in total. The van der Waals surface area contributed by atoms with Crippen LogP contribution in [0.15, 0.2) is 24.3 Å². The van der Waals surface area contributed by atoms with E-state index < -0.39 is 5.97 Å². The van der Waals surface area contributed by atoms with E-state index in [0.717, 1.165) is 24.1 Å². The summed E-state index contributed by atoms with van der Waals surface area (Å²) in [4.78, 5) is 10.9. The number of methoxy groups -OCH3 is 1. The lowest BCUT2D eigenvalue weighted by atomic mass is 9.98. The van der Waals surface area contributed by atoms with Gasteiger partial charge in [0.15, 0.2) is 0 Å². The number of ether oxygens (including phenoxy) is 1. The summed E-state index contributed by atoms with van der Waals surface area (Å²) < 4.78 is 5.15. The predicted octanol–water partition coefficient (Wildman–Crippen LogP) is 2.35. The van der Waals surface area contributed by atoms with Crippen molar-refractivity contribution in [2.45, 2.75) is 32.4 Å². The molecule has 0 heterocycles. The van der Waals surface area contributed by atoms with E-state index in [2.05, 4.69) is 12.2 Å². The fourth-order valence-corrected chi connectivity index (χ4v) is 1.95. The second-order valence-corrected chi connectivity index (χ2v) is 4.24. The quantitative estimate of drug-likeness (QED) is 0.744. The van der Waals surface area contributed by atoms with Gasteiger partial charge in [-0.15, -0.1) is 0 Å². The summed E-state index contributed by atoms with van der Waals surface area (Å²) in [6.07, 6.45) is 1.06. The zero-order valence-corrected chi connectivity index (χ0v) is 11.0. The first-order chi connectivity index (χ1) is 8.69. The third kappa shape index (κ3) is 4.47. The third-order valence-electron chi connectivity index (χ3n) is 2.75. The minimum absolute atomic E-state index is 0.0841. The maximum atomic E-state index is 10.9. The largest absolute Gasteiger partial charge is 0.481 e. The standard InChI is InChI=1S/C14H21NO3/c1-3-8-15-13(9-14(16)17)12-7-5-4-6-11(12)10-18-2/h4-7,13,15H,3,8-10H2,1-2H3,(H,16,17). The Hall–Kier alpha value is -1.39. The molecule has 0 saturated carbocycles. The molecular formula is C14H21NO3. The number of carboxylic acids is 1. The van der Waals surface area contributed by atoms with Crippen LogP contribution in [0, 0.1) is 0 Å². The van der Waals surface area contributed by atoms with E-state index in [1.807, 2.05) is 24.3 Å². The second-order valence-electron chi connectivity index (χ2n) is 4.24. The molecule has 1 aromatic rings. The highest BCUT2D eigenvalue weighted by atomic mass is 16.5. The first kappa shape index (κ1) is 14.7. The van der Waals surface area contributed by atoms with Crippen molar-refractivity contribution < 1.29 is 14.6 Å². The van der Waals surface area contributed by atoms with Crippen molar-refractivity contribution in [1.82, 2.24) is 5.32 Å². The van der Waals surface area contributed by atoms with Crippen LogP contribution in [0.2, 0.25) is 0 Å². The number of carbonyl (C=O) groups is 1. The molecule has 4 nitrogen and oxygen atoms in total. The van der Waals surface area contributed by atoms with Crippen molar-refractivity contribution in [3.05, 3.63) is 35.4 Å². The first-order valence-corrected chi connectivity index (χ1v) is 6.21. The smallest absolute Gasteiger partial charge is 0.305 e. The Morgan fingerprint density at radius 2 is 2.17 bits per heavy atom. The molecule has 18 heavy (non-hydrogen) atoms. The minimum atomic E-state index is -0.796. The van der Waals surface area contributed by atoms with E-state index in [1.54, 1.807) is 7.11 Å². The van der Waals surface area contributed by atoms with Crippen molar-refractivity contribution in [3.63, 3.8) is 0 Å². The highest BCUT2D eigenvalue weighted by Crippen LogP contribution is 2.22. The number of carboxylic acid groups (broad SMARTS) is 1. The molecule has 1 aromatic carbocycles. The zero-order valence-electron chi connectivity index (χ0n) is 11.0. The molecule has 0 aromatic heterocycles. The van der Waals surface area contributed by atoms with Gasteiger partial charge >= 0.3 is 5.97 Å². The van der Waals surface area contributed by atoms with Gasteiger partial charge in [0, 0.05) is 13.2 Å². The molecule has 0 spiro atoms. The van der Waals surface area contributed by atoms with Crippen LogP contribution in [0.3, 0.4) is 0 Å². The Morgan fingerprint density at radius 3 is 2.78 bits per heavy atom. The molecule has 0 saturated heterocycles. The fraction of sp³-hybridized carbons (Fsp3) is 0.500. The Labute approximate surface area is 108 Å². The summed E-state index contributed by atoms with van der Waals surface area (Å²) in [5.41, 5.74) is 2.05. The number of hydrogen-bond donors (Lipinski definition) is 2. The zero-order chi connectivity index (χ0) is 13.4. The Balaban J connectivity index is 2.91. The summed E-state index contributed by atoms with van der Waals surface area (Å²) >= 11 is 0. The van der Waals surface area contributed by atoms with Crippen molar-refractivity contribution in [2.24, 2.45) is 0 Å². The van der Waals surface area contributed by atoms with Gasteiger partial charge in [0.1, 0.15) is 0 Å². The van der Waals surface area contributed by atoms with Crippen molar-refractivity contribution in [3.8, 4) is 0 Å². The Kier molecular flexibility index (Phi) is 6.39. The number of nitrogens with one attached hydrogen (secondary N) is 1. The van der Waals surface area contributed by atoms with E-state index >= 15 is 0 Å². The van der Waals surface area contributed by atoms with Crippen LogP contribution in [-0.2, 0) is 16.1 Å². The molecule has 0 aliphatic heterocycles. The van der Waals surface area contributed by atoms with Crippen molar-refractivity contribution >= 4 is 5.97 Å². The number of benzene rings is 1. The average molecular weight is 251 g/mol. The predicted molar refractivity (Wildman–Crippen MR) is 70.4 cm³/mol. The minimum Gasteiger partial charge on any atom is -0.481 e. The van der Waals surface area contributed by atoms with Crippen LogP contribution in [0.1, 0.15) is 36.9 Å². The second kappa shape index (κ2) is 7.84. The summed E-state index contributed by atoms with van der Waals surface area (Å²) in [6, 6.07) is 7.65. The average Bonchev–Trinajstić information content (AvgIpc) is 2.35. The molecule has 0 radical (unpaired) electrons. The van der Waals surface area contributed by atoms with Gasteiger partial charge < -0.3 is 15.2 Å². The molecule has 1 rings (SSSR count). The van der Waals surface area contributed by atoms with Crippen LogP contribution in [0.4, 0.5) is 0 Å². The number of hydrogen-bond acceptors (Lipinski definition) is 3. The molecule has 0 aliphatic rings. The summed E-state index contributed by atoms with van der Waals surface area (Å²) in [5, 5.41) is 12.3. The molecule has 0 amide bonds. The molecule has 1 unspecified atom stereocenters. The van der Waals surface area contributed by atoms with E-state index in [4.69, 9.17) is 9.84 Å². The van der Waals surface area contributed by atoms with Crippen LogP contribution in [0.25, 0.3) is 0 Å². The van der Waals surface area contributed by atoms with Gasteiger partial charge in [-0.3, -0.25) is 4.79 Å². The number of aliphatic carboxylic acids is 1. The van der Waals surface area contributed by atoms with Crippen LogP contribution in [-0.4, -0.2) is 24.7 Å². The fourth-order valence-electron chi connectivity index (χ4n) is 1.95. The maximum absolute atomic E-state index is 10.9. The van der Waals surface area contributed by atoms with E-state index in [1.165, 1.54) is 0 Å². The first-order valence-electron chi connectivity index (χ1n) is 6.21. The van der Waals surface area contributed by atoms with Gasteiger partial charge in [-0.05, 0) is 24.1 Å². The van der Waals surface area contributed by atoms with Crippen molar-refractivity contribution in [1.29, 1.82) is 0 Å². The lowest BCUT2D eigenvalue weighted by Gasteiger charge is -2.20.